The molecule has 2 saturated heterocycles. The van der Waals surface area contributed by atoms with E-state index in [-0.39, 0.29) is 85.9 Å². The summed E-state index contributed by atoms with van der Waals surface area (Å²) >= 11 is 0. The molecule has 3 aliphatic heterocycles. The van der Waals surface area contributed by atoms with E-state index in [4.69, 9.17) is 73.1 Å². The molecule has 652 valence electrons. The van der Waals surface area contributed by atoms with Crippen molar-refractivity contribution >= 4 is 69.1 Å². The molecular weight excluding hydrogens is 1520 g/mol. The number of ketones is 3. The summed E-state index contributed by atoms with van der Waals surface area (Å²) in [5, 5.41) is 40.9. The highest BCUT2D eigenvalue weighted by atomic mass is 16.6. The lowest BCUT2D eigenvalue weighted by molar-refractivity contribution is -0.265. The Labute approximate surface area is 692 Å². The zero-order valence-electron chi connectivity index (χ0n) is 70.7. The van der Waals surface area contributed by atoms with E-state index in [0.717, 1.165) is 61.8 Å². The molecule has 0 radical (unpaired) electrons. The Bertz CT molecular complexity index is 4140. The van der Waals surface area contributed by atoms with Gasteiger partial charge in [0.25, 0.3) is 17.7 Å². The zero-order valence-corrected chi connectivity index (χ0v) is 70.7. The van der Waals surface area contributed by atoms with Crippen LogP contribution in [0, 0.1) is 35.5 Å². The van der Waals surface area contributed by atoms with Crippen molar-refractivity contribution in [2.24, 2.45) is 35.5 Å². The van der Waals surface area contributed by atoms with E-state index in [1.54, 1.807) is 56.5 Å². The van der Waals surface area contributed by atoms with Crippen molar-refractivity contribution < 1.29 is 95.5 Å². The number of aliphatic hydroxyl groups is 2. The third kappa shape index (κ3) is 27.5. The van der Waals surface area contributed by atoms with Gasteiger partial charge < -0.3 is 88.4 Å². The molecule has 0 unspecified atom stereocenters. The number of anilines is 2. The van der Waals surface area contributed by atoms with Crippen molar-refractivity contribution in [2.75, 3.05) is 119 Å². The Morgan fingerprint density at radius 2 is 1.51 bits per heavy atom. The number of cyclic esters (lactones) is 1. The van der Waals surface area contributed by atoms with Crippen molar-refractivity contribution in [3.63, 3.8) is 0 Å². The van der Waals surface area contributed by atoms with Crippen LogP contribution in [0.3, 0.4) is 0 Å². The van der Waals surface area contributed by atoms with Gasteiger partial charge in [-0.3, -0.25) is 24.0 Å². The molecule has 0 spiro atoms. The summed E-state index contributed by atoms with van der Waals surface area (Å²) in [6.07, 6.45) is 19.2. The molecule has 1 aliphatic carbocycles. The Kier molecular flexibility index (Phi) is 37.9. The van der Waals surface area contributed by atoms with Gasteiger partial charge in [-0.2, -0.15) is 10.1 Å². The second-order valence-electron chi connectivity index (χ2n) is 32.0. The fraction of sp³-hybridized carbons (Fsp3) is 0.674. The summed E-state index contributed by atoms with van der Waals surface area (Å²) in [4.78, 5) is 98.8. The van der Waals surface area contributed by atoms with Gasteiger partial charge in [0, 0.05) is 96.3 Å². The number of hydrogen-bond acceptors (Lipinski definition) is 28. The molecule has 7 heterocycles. The molecule has 7 N–H and O–H groups in total. The molecule has 3 fully saturated rings. The second-order valence-corrected chi connectivity index (χ2v) is 32.0. The van der Waals surface area contributed by atoms with Gasteiger partial charge in [0.05, 0.1) is 108 Å². The van der Waals surface area contributed by atoms with E-state index in [9.17, 15) is 39.0 Å². The quantitative estimate of drug-likeness (QED) is 0.0108. The van der Waals surface area contributed by atoms with Crippen LogP contribution in [0.1, 0.15) is 163 Å². The summed E-state index contributed by atoms with van der Waals surface area (Å²) in [5.74, 6) is -7.95. The second kappa shape index (κ2) is 47.8. The summed E-state index contributed by atoms with van der Waals surface area (Å²) in [6, 6.07) is 4.40. The highest BCUT2D eigenvalue weighted by Crippen LogP contribution is 2.39. The molecule has 1 aromatic carbocycles. The lowest BCUT2D eigenvalue weighted by Gasteiger charge is -2.42. The van der Waals surface area contributed by atoms with E-state index in [1.165, 1.54) is 18.3 Å². The molecular formula is C86H128N12O20. The Morgan fingerprint density at radius 1 is 0.771 bits per heavy atom. The van der Waals surface area contributed by atoms with E-state index in [0.29, 0.717) is 176 Å². The van der Waals surface area contributed by atoms with Crippen LogP contribution in [0.25, 0.3) is 33.4 Å². The molecule has 4 aliphatic rings. The zero-order chi connectivity index (χ0) is 84.7. The van der Waals surface area contributed by atoms with Gasteiger partial charge in [-0.15, -0.1) is 5.10 Å². The number of esters is 1. The van der Waals surface area contributed by atoms with Gasteiger partial charge in [0.15, 0.2) is 17.0 Å². The number of oxazole rings is 1. The maximum absolute atomic E-state index is 14.8. The van der Waals surface area contributed by atoms with Crippen molar-refractivity contribution in [1.82, 2.24) is 49.9 Å². The Hall–Kier alpha value is -8.12. The number of nitrogen functional groups attached to an aromatic ring is 2. The SMILES string of the molecule is CO[C@H]1C[C@@H]2CC[C@@H](C)[C@@](O)(O2)C(=O)C(=O)N2CCCC[C@H]2C(=O)O[C@H]([C@H](C)C[C@@H]2CC[C@@H](OCCCCc3cn(CCOCCOCCOCCOCCOCCC(=O)NCCCCn4nc(-c5ccc6oc(N)nc6c5)c5c(N)ncnc54)nn3)[C@H](OC)C2)CC(=O)[C@H](C)/C=C(\C)[C@@H](O)[C@@H](OC)C(=O)[C@H](C)C[C@H](C)/C=C/C=C/C=C/1C. The molecule has 4 aromatic heterocycles. The number of nitrogens with one attached hydrogen (secondary N) is 1. The normalized spacial score (nSPS) is 27.6. The van der Waals surface area contributed by atoms with Crippen LogP contribution in [0.2, 0.25) is 0 Å². The fourth-order valence-electron chi connectivity index (χ4n) is 16.0. The lowest BCUT2D eigenvalue weighted by Crippen LogP contribution is -2.61. The largest absolute Gasteiger partial charge is 0.460 e. The number of unbranched alkanes of at least 4 members (excludes halogenated alkanes) is 2. The van der Waals surface area contributed by atoms with Crippen LogP contribution in [0.5, 0.6) is 0 Å². The van der Waals surface area contributed by atoms with E-state index >= 15 is 0 Å². The predicted molar refractivity (Wildman–Crippen MR) is 440 cm³/mol. The first-order chi connectivity index (χ1) is 56.9. The van der Waals surface area contributed by atoms with E-state index in [2.05, 4.69) is 30.6 Å². The number of hydrogen-bond donors (Lipinski definition) is 5. The number of rotatable bonds is 36. The first-order valence-corrected chi connectivity index (χ1v) is 42.2. The highest BCUT2D eigenvalue weighted by molar-refractivity contribution is 6.39. The van der Waals surface area contributed by atoms with Gasteiger partial charge in [-0.25, -0.2) is 24.1 Å². The minimum absolute atomic E-state index is 0.00467. The van der Waals surface area contributed by atoms with Crippen LogP contribution in [0.4, 0.5) is 11.8 Å². The fourth-order valence-corrected chi connectivity index (χ4v) is 16.0. The molecule has 32 nitrogen and oxygen atoms in total. The summed E-state index contributed by atoms with van der Waals surface area (Å²) in [5.41, 5.74) is 17.4. The Morgan fingerprint density at radius 3 is 2.24 bits per heavy atom. The smallest absolute Gasteiger partial charge is 0.329 e. The van der Waals surface area contributed by atoms with Crippen LogP contribution in [-0.4, -0.2) is 252 Å². The third-order valence-electron chi connectivity index (χ3n) is 23.0. The highest BCUT2D eigenvalue weighted by Gasteiger charge is 2.53. The number of allylic oxidation sites excluding steroid dienone is 6. The first-order valence-electron chi connectivity index (χ1n) is 42.2. The number of aromatic nitrogens is 8. The van der Waals surface area contributed by atoms with Crippen LogP contribution < -0.4 is 16.8 Å². The predicted octanol–water partition coefficient (Wildman–Crippen LogP) is 9.00. The molecule has 9 rings (SSSR count). The number of benzene rings is 1. The molecule has 1 saturated carbocycles. The van der Waals surface area contributed by atoms with E-state index < -0.39 is 77.8 Å². The summed E-state index contributed by atoms with van der Waals surface area (Å²) in [6.45, 7) is 18.9. The van der Waals surface area contributed by atoms with E-state index in [1.807, 2.05) is 76.4 Å². The number of nitrogens with two attached hydrogens (primary N) is 2. The minimum Gasteiger partial charge on any atom is -0.460 e. The van der Waals surface area contributed by atoms with Crippen molar-refractivity contribution in [3.05, 3.63) is 84.0 Å². The minimum atomic E-state index is -2.46. The molecule has 5 aromatic rings. The summed E-state index contributed by atoms with van der Waals surface area (Å²) < 4.78 is 74.0. The third-order valence-corrected chi connectivity index (χ3v) is 23.0. The standard InChI is InChI=1S/C86H128N12O20/c1-55-20-12-11-13-21-56(2)71(107-8)51-65-27-24-61(7)86(106,118-65)80(103)83(104)97-32-17-14-23-67(97)84(105)116-72(52-68(99)57(3)47-60(6)78(102)79(109-10)77(101)59(5)46-55)58(4)48-62-25-28-70(73(49-62)108-9)115-35-19-15-22-64-53-96(95-93-64)34-37-111-39-41-113-43-45-114-44-42-112-40-38-110-36-30-74(100)89-31-16-18-33-98-82-75(81(87)90-54-91-82)76(94-98)63-26-29-69-66(50-63)92-85(88)117-69/h11-13,20-21,26,29,47,50,53-55,57-59,61-62,65,67,70-73,78-79,102,106H,14-19,22-25,27-28,30-46,48-49,51-52H2,1-10H3,(H2,88,92)(H,89,100)(H2,87,90,91)/b13-11+,20-12+,56-21+,60-47+/t55-,57-,58-,59-,61-,62+,65+,67+,70-,71+,72+,73-,78-,79+,86-/m1/s1. The van der Waals surface area contributed by atoms with Crippen LogP contribution >= 0.6 is 0 Å². The monoisotopic (exact) mass is 1650 g/mol. The van der Waals surface area contributed by atoms with Crippen LogP contribution in [-0.2, 0) is 100 Å². The first kappa shape index (κ1) is 93.7. The number of Topliss-reactive ketones (excluding diaryl/α,β-unsaturated/α-hetero) is 3. The lowest BCUT2D eigenvalue weighted by atomic mass is 9.78. The number of carbonyl (C=O) groups excluding carboxylic acids is 6. The van der Waals surface area contributed by atoms with Crippen molar-refractivity contribution in [1.29, 1.82) is 0 Å². The van der Waals surface area contributed by atoms with Gasteiger partial charge in [-0.05, 0) is 157 Å². The maximum atomic E-state index is 14.8. The number of piperidine rings is 1. The number of carbonyl (C=O) groups is 6. The molecule has 2 amide bonds. The van der Waals surface area contributed by atoms with Gasteiger partial charge in [-0.1, -0.05) is 76.3 Å². The average Bonchev–Trinajstić information content (AvgIpc) is 1.26. The van der Waals surface area contributed by atoms with Gasteiger partial charge in [0.2, 0.25) is 11.7 Å². The number of ether oxygens (including phenoxy) is 11. The average molecular weight is 1650 g/mol. The van der Waals surface area contributed by atoms with Gasteiger partial charge >= 0.3 is 5.97 Å². The number of amides is 2. The number of aryl methyl sites for hydroxylation is 2. The number of nitrogens with zero attached hydrogens (tertiary/aromatic N) is 9. The summed E-state index contributed by atoms with van der Waals surface area (Å²) in [7, 11) is 4.64. The van der Waals surface area contributed by atoms with Crippen LogP contribution in [0.15, 0.2) is 82.7 Å². The topological polar surface area (TPSA) is 412 Å². The maximum Gasteiger partial charge on any atom is 0.329 e. The number of aliphatic hydroxyl groups excluding tert-OH is 1. The number of methoxy groups -OCH3 is 3. The Balaban J connectivity index is 0.638. The molecule has 15 atom stereocenters. The molecule has 32 heteroatoms. The number of fused-ring (bicyclic) bond motifs is 5. The molecule has 118 heavy (non-hydrogen) atoms. The van der Waals surface area contributed by atoms with Gasteiger partial charge in [0.1, 0.15) is 53.5 Å². The molecule has 2 bridgehead atoms. The van der Waals surface area contributed by atoms with Crippen molar-refractivity contribution in [2.45, 2.75) is 232 Å². The van der Waals surface area contributed by atoms with Crippen molar-refractivity contribution in [3.8, 4) is 11.3 Å².